The largest absolute Gasteiger partial charge is 0.383 e. The van der Waals surface area contributed by atoms with Gasteiger partial charge in [0.2, 0.25) is 0 Å². The Morgan fingerprint density at radius 2 is 2.05 bits per heavy atom. The summed E-state index contributed by atoms with van der Waals surface area (Å²) in [6.45, 7) is 2.22. The second-order valence-corrected chi connectivity index (χ2v) is 5.26. The van der Waals surface area contributed by atoms with Gasteiger partial charge in [-0.25, -0.2) is 9.37 Å². The van der Waals surface area contributed by atoms with E-state index >= 15 is 0 Å². The fourth-order valence-electron chi connectivity index (χ4n) is 1.66. The van der Waals surface area contributed by atoms with E-state index in [0.29, 0.717) is 6.61 Å². The van der Waals surface area contributed by atoms with Gasteiger partial charge in [0.15, 0.2) is 0 Å². The smallest absolute Gasteiger partial charge is 0.123 e. The van der Waals surface area contributed by atoms with Gasteiger partial charge in [0.05, 0.1) is 6.61 Å². The van der Waals surface area contributed by atoms with Gasteiger partial charge in [-0.3, -0.25) is 0 Å². The molecule has 106 valence electrons. The van der Waals surface area contributed by atoms with Crippen molar-refractivity contribution < 1.29 is 9.13 Å². The summed E-state index contributed by atoms with van der Waals surface area (Å²) in [4.78, 5) is 5.37. The van der Waals surface area contributed by atoms with E-state index in [1.165, 1.54) is 23.9 Å². The van der Waals surface area contributed by atoms with Crippen LogP contribution < -0.4 is 5.32 Å². The normalized spacial score (nSPS) is 10.7. The van der Waals surface area contributed by atoms with Crippen molar-refractivity contribution >= 4 is 11.8 Å². The Kier molecular flexibility index (Phi) is 5.98. The zero-order valence-corrected chi connectivity index (χ0v) is 12.1. The van der Waals surface area contributed by atoms with E-state index in [4.69, 9.17) is 4.74 Å². The molecule has 0 fully saturated rings. The third-order valence-electron chi connectivity index (χ3n) is 2.68. The summed E-state index contributed by atoms with van der Waals surface area (Å²) in [7, 11) is 1.68. The van der Waals surface area contributed by atoms with Crippen molar-refractivity contribution in [1.82, 2.24) is 10.3 Å². The van der Waals surface area contributed by atoms with E-state index in [-0.39, 0.29) is 5.82 Å². The first-order chi connectivity index (χ1) is 9.79. The van der Waals surface area contributed by atoms with E-state index in [1.807, 2.05) is 12.1 Å². The molecular formula is C15H17FN2OS. The molecule has 0 aliphatic carbocycles. The quantitative estimate of drug-likeness (QED) is 0.795. The summed E-state index contributed by atoms with van der Waals surface area (Å²) >= 11 is 1.54. The van der Waals surface area contributed by atoms with E-state index in [0.717, 1.165) is 28.6 Å². The molecule has 0 saturated heterocycles. The highest BCUT2D eigenvalue weighted by molar-refractivity contribution is 7.99. The molecule has 0 unspecified atom stereocenters. The van der Waals surface area contributed by atoms with Crippen LogP contribution in [0, 0.1) is 5.82 Å². The van der Waals surface area contributed by atoms with Gasteiger partial charge in [0.1, 0.15) is 10.8 Å². The third kappa shape index (κ3) is 4.59. The van der Waals surface area contributed by atoms with E-state index < -0.39 is 0 Å². The number of nitrogens with one attached hydrogen (secondary N) is 1. The lowest BCUT2D eigenvalue weighted by molar-refractivity contribution is 0.199. The summed E-state index contributed by atoms with van der Waals surface area (Å²) in [5.41, 5.74) is 1.12. The Morgan fingerprint density at radius 1 is 1.25 bits per heavy atom. The van der Waals surface area contributed by atoms with Crippen LogP contribution in [-0.4, -0.2) is 25.2 Å². The second-order valence-electron chi connectivity index (χ2n) is 4.19. The first kappa shape index (κ1) is 15.0. The highest BCUT2D eigenvalue weighted by atomic mass is 32.2. The predicted molar refractivity (Wildman–Crippen MR) is 78.3 cm³/mol. The van der Waals surface area contributed by atoms with Crippen LogP contribution in [0.25, 0.3) is 0 Å². The Hall–Kier alpha value is -1.43. The maximum atomic E-state index is 12.9. The van der Waals surface area contributed by atoms with Gasteiger partial charge < -0.3 is 10.1 Å². The van der Waals surface area contributed by atoms with Gasteiger partial charge in [-0.05, 0) is 35.9 Å². The van der Waals surface area contributed by atoms with Crippen molar-refractivity contribution in [1.29, 1.82) is 0 Å². The monoisotopic (exact) mass is 292 g/mol. The summed E-state index contributed by atoms with van der Waals surface area (Å²) in [6, 6.07) is 10.4. The highest BCUT2D eigenvalue weighted by Crippen LogP contribution is 2.28. The molecule has 0 radical (unpaired) electrons. The maximum absolute atomic E-state index is 12.9. The lowest BCUT2D eigenvalue weighted by atomic mass is 10.3. The second kappa shape index (κ2) is 7.99. The molecule has 2 rings (SSSR count). The first-order valence-corrected chi connectivity index (χ1v) is 7.18. The zero-order valence-electron chi connectivity index (χ0n) is 11.3. The number of pyridine rings is 1. The van der Waals surface area contributed by atoms with Crippen LogP contribution in [0.1, 0.15) is 5.56 Å². The molecule has 0 atom stereocenters. The average molecular weight is 292 g/mol. The summed E-state index contributed by atoms with van der Waals surface area (Å²) in [5.74, 6) is -0.225. The molecule has 2 aromatic rings. The van der Waals surface area contributed by atoms with E-state index in [9.17, 15) is 4.39 Å². The molecule has 20 heavy (non-hydrogen) atoms. The zero-order chi connectivity index (χ0) is 14.2. The fraction of sp³-hybridized carbons (Fsp3) is 0.267. The predicted octanol–water partition coefficient (Wildman–Crippen LogP) is 3.11. The van der Waals surface area contributed by atoms with Crippen LogP contribution in [0.3, 0.4) is 0 Å². The Labute approximate surface area is 122 Å². The van der Waals surface area contributed by atoms with Gasteiger partial charge in [-0.2, -0.15) is 0 Å². The molecule has 1 aromatic heterocycles. The van der Waals surface area contributed by atoms with Crippen LogP contribution >= 0.6 is 11.8 Å². The van der Waals surface area contributed by atoms with E-state index in [1.54, 1.807) is 25.4 Å². The number of ether oxygens (including phenoxy) is 1. The lowest BCUT2D eigenvalue weighted by Gasteiger charge is -2.09. The molecular weight excluding hydrogens is 275 g/mol. The Balaban J connectivity index is 2.01. The third-order valence-corrected chi connectivity index (χ3v) is 3.75. The first-order valence-electron chi connectivity index (χ1n) is 6.36. The molecule has 3 nitrogen and oxygen atoms in total. The van der Waals surface area contributed by atoms with Gasteiger partial charge in [0, 0.05) is 31.3 Å². The summed E-state index contributed by atoms with van der Waals surface area (Å²) in [6.07, 6.45) is 1.77. The SMILES string of the molecule is COCCNCc1cccnc1Sc1ccc(F)cc1. The number of hydrogen-bond donors (Lipinski definition) is 1. The van der Waals surface area contributed by atoms with Crippen LogP contribution in [0.15, 0.2) is 52.5 Å². The molecule has 1 N–H and O–H groups in total. The number of hydrogen-bond acceptors (Lipinski definition) is 4. The summed E-state index contributed by atoms with van der Waals surface area (Å²) < 4.78 is 17.9. The lowest BCUT2D eigenvalue weighted by Crippen LogP contribution is -2.19. The average Bonchev–Trinajstić information content (AvgIpc) is 2.47. The van der Waals surface area contributed by atoms with E-state index in [2.05, 4.69) is 10.3 Å². The van der Waals surface area contributed by atoms with Gasteiger partial charge in [0.25, 0.3) is 0 Å². The van der Waals surface area contributed by atoms with Gasteiger partial charge in [-0.1, -0.05) is 17.8 Å². The number of aromatic nitrogens is 1. The Bertz CT molecular complexity index is 534. The minimum absolute atomic E-state index is 0.225. The molecule has 0 aliphatic rings. The molecule has 0 spiro atoms. The number of rotatable bonds is 7. The topological polar surface area (TPSA) is 34.1 Å². The number of halogens is 1. The molecule has 0 bridgehead atoms. The molecule has 0 aliphatic heterocycles. The standard InChI is InChI=1S/C15H17FN2OS/c1-19-10-9-17-11-12-3-2-8-18-15(12)20-14-6-4-13(16)5-7-14/h2-8,17H,9-11H2,1H3. The Morgan fingerprint density at radius 3 is 2.80 bits per heavy atom. The van der Waals surface area contributed by atoms with Crippen LogP contribution in [-0.2, 0) is 11.3 Å². The van der Waals surface area contributed by atoms with Crippen LogP contribution in [0.2, 0.25) is 0 Å². The van der Waals surface area contributed by atoms with Crippen LogP contribution in [0.5, 0.6) is 0 Å². The minimum atomic E-state index is -0.225. The molecule has 0 amide bonds. The van der Waals surface area contributed by atoms with Crippen LogP contribution in [0.4, 0.5) is 4.39 Å². The van der Waals surface area contributed by atoms with Crippen molar-refractivity contribution in [3.8, 4) is 0 Å². The van der Waals surface area contributed by atoms with Crippen molar-refractivity contribution in [2.75, 3.05) is 20.3 Å². The van der Waals surface area contributed by atoms with Crippen molar-refractivity contribution in [2.24, 2.45) is 0 Å². The van der Waals surface area contributed by atoms with Gasteiger partial charge >= 0.3 is 0 Å². The highest BCUT2D eigenvalue weighted by Gasteiger charge is 2.05. The number of nitrogens with zero attached hydrogens (tertiary/aromatic N) is 1. The van der Waals surface area contributed by atoms with Crippen molar-refractivity contribution in [3.05, 3.63) is 54.0 Å². The summed E-state index contributed by atoms with van der Waals surface area (Å²) in [5, 5.41) is 4.23. The number of methoxy groups -OCH3 is 1. The molecule has 1 aromatic carbocycles. The number of benzene rings is 1. The maximum Gasteiger partial charge on any atom is 0.123 e. The van der Waals surface area contributed by atoms with Crippen molar-refractivity contribution in [3.63, 3.8) is 0 Å². The molecule has 0 saturated carbocycles. The molecule has 1 heterocycles. The van der Waals surface area contributed by atoms with Gasteiger partial charge in [-0.15, -0.1) is 0 Å². The van der Waals surface area contributed by atoms with Crippen molar-refractivity contribution in [2.45, 2.75) is 16.5 Å². The minimum Gasteiger partial charge on any atom is -0.383 e. The fourth-order valence-corrected chi connectivity index (χ4v) is 2.54. The molecule has 5 heteroatoms.